The van der Waals surface area contributed by atoms with E-state index in [9.17, 15) is 9.59 Å². The minimum Gasteiger partial charge on any atom is -0.312 e. The number of hydrogen-bond donors (Lipinski definition) is 1. The highest BCUT2D eigenvalue weighted by Crippen LogP contribution is 2.22. The standard InChI is InChI=1S/C18H22N4O2S/c1-12(2)11-15-20-21-18(25-15)19-17(24)13-6-8-14(9-7-13)22-10-4-3-5-16(22)23/h6-9,12H,3-5,10-11H2,1-2H3,(H,19,21,24). The number of anilines is 2. The first kappa shape index (κ1) is 17.5. The van der Waals surface area contributed by atoms with Gasteiger partial charge in [-0.15, -0.1) is 10.2 Å². The van der Waals surface area contributed by atoms with Crippen LogP contribution in [0.1, 0.15) is 48.5 Å². The molecule has 0 bridgehead atoms. The monoisotopic (exact) mass is 358 g/mol. The van der Waals surface area contributed by atoms with Crippen molar-refractivity contribution < 1.29 is 9.59 Å². The first-order valence-corrected chi connectivity index (χ1v) is 9.39. The summed E-state index contributed by atoms with van der Waals surface area (Å²) >= 11 is 1.40. The van der Waals surface area contributed by atoms with Gasteiger partial charge < -0.3 is 4.90 Å². The van der Waals surface area contributed by atoms with E-state index >= 15 is 0 Å². The molecule has 1 saturated heterocycles. The fourth-order valence-corrected chi connectivity index (χ4v) is 3.72. The Balaban J connectivity index is 1.64. The van der Waals surface area contributed by atoms with E-state index in [4.69, 9.17) is 0 Å². The number of rotatable bonds is 5. The summed E-state index contributed by atoms with van der Waals surface area (Å²) in [7, 11) is 0. The van der Waals surface area contributed by atoms with E-state index in [1.165, 1.54) is 11.3 Å². The molecule has 0 unspecified atom stereocenters. The summed E-state index contributed by atoms with van der Waals surface area (Å²) in [4.78, 5) is 26.1. The van der Waals surface area contributed by atoms with Crippen LogP contribution in [0.5, 0.6) is 0 Å². The molecular weight excluding hydrogens is 336 g/mol. The molecule has 1 N–H and O–H groups in total. The lowest BCUT2D eigenvalue weighted by Crippen LogP contribution is -2.35. The normalized spacial score (nSPS) is 14.8. The van der Waals surface area contributed by atoms with Crippen LogP contribution in [0.2, 0.25) is 0 Å². The van der Waals surface area contributed by atoms with Crippen molar-refractivity contribution in [3.63, 3.8) is 0 Å². The topological polar surface area (TPSA) is 75.2 Å². The van der Waals surface area contributed by atoms with E-state index < -0.39 is 0 Å². The van der Waals surface area contributed by atoms with Crippen LogP contribution in [0.3, 0.4) is 0 Å². The smallest absolute Gasteiger partial charge is 0.257 e. The number of benzene rings is 1. The highest BCUT2D eigenvalue weighted by Gasteiger charge is 2.20. The van der Waals surface area contributed by atoms with Crippen molar-refractivity contribution in [3.05, 3.63) is 34.8 Å². The summed E-state index contributed by atoms with van der Waals surface area (Å²) in [5.74, 6) is 0.431. The fourth-order valence-electron chi connectivity index (χ4n) is 2.78. The molecule has 0 saturated carbocycles. The van der Waals surface area contributed by atoms with Crippen LogP contribution in [0.25, 0.3) is 0 Å². The Kier molecular flexibility index (Phi) is 5.43. The zero-order valence-electron chi connectivity index (χ0n) is 14.5. The molecule has 1 aromatic carbocycles. The van der Waals surface area contributed by atoms with Gasteiger partial charge in [0.1, 0.15) is 5.01 Å². The van der Waals surface area contributed by atoms with Crippen molar-refractivity contribution in [2.45, 2.75) is 39.5 Å². The quantitative estimate of drug-likeness (QED) is 0.887. The highest BCUT2D eigenvalue weighted by atomic mass is 32.1. The number of nitrogens with zero attached hydrogens (tertiary/aromatic N) is 3. The second-order valence-electron chi connectivity index (χ2n) is 6.60. The number of amides is 2. The molecule has 1 fully saturated rings. The van der Waals surface area contributed by atoms with Crippen LogP contribution in [-0.4, -0.2) is 28.6 Å². The maximum absolute atomic E-state index is 12.3. The Morgan fingerprint density at radius 2 is 2.00 bits per heavy atom. The van der Waals surface area contributed by atoms with Gasteiger partial charge in [0.25, 0.3) is 5.91 Å². The summed E-state index contributed by atoms with van der Waals surface area (Å²) in [6.07, 6.45) is 3.42. The Hall–Kier alpha value is -2.28. The van der Waals surface area contributed by atoms with Gasteiger partial charge in [0.05, 0.1) is 0 Å². The number of nitrogens with one attached hydrogen (secondary N) is 1. The van der Waals surface area contributed by atoms with Crippen LogP contribution in [-0.2, 0) is 11.2 Å². The lowest BCUT2D eigenvalue weighted by molar-refractivity contribution is -0.119. The Labute approximate surface area is 151 Å². The Morgan fingerprint density at radius 3 is 2.68 bits per heavy atom. The van der Waals surface area contributed by atoms with Crippen LogP contribution in [0, 0.1) is 5.92 Å². The van der Waals surface area contributed by atoms with Crippen molar-refractivity contribution >= 4 is 34.0 Å². The minimum absolute atomic E-state index is 0.148. The average molecular weight is 358 g/mol. The Morgan fingerprint density at radius 1 is 1.24 bits per heavy atom. The first-order valence-electron chi connectivity index (χ1n) is 8.57. The van der Waals surface area contributed by atoms with Crippen LogP contribution < -0.4 is 10.2 Å². The van der Waals surface area contributed by atoms with E-state index in [2.05, 4.69) is 29.4 Å². The van der Waals surface area contributed by atoms with Gasteiger partial charge in [0.2, 0.25) is 11.0 Å². The molecule has 3 rings (SSSR count). The number of aromatic nitrogens is 2. The molecule has 132 valence electrons. The van der Waals surface area contributed by atoms with Gasteiger partial charge in [0, 0.05) is 30.6 Å². The van der Waals surface area contributed by atoms with E-state index in [1.54, 1.807) is 17.0 Å². The lowest BCUT2D eigenvalue weighted by atomic mass is 10.1. The van der Waals surface area contributed by atoms with Gasteiger partial charge in [0.15, 0.2) is 0 Å². The second-order valence-corrected chi connectivity index (χ2v) is 7.66. The third-order valence-corrected chi connectivity index (χ3v) is 4.90. The molecule has 25 heavy (non-hydrogen) atoms. The average Bonchev–Trinajstić information content (AvgIpc) is 3.01. The van der Waals surface area contributed by atoms with Crippen LogP contribution >= 0.6 is 11.3 Å². The molecule has 1 aromatic heterocycles. The molecule has 2 heterocycles. The molecule has 1 aliphatic rings. The maximum atomic E-state index is 12.3. The maximum Gasteiger partial charge on any atom is 0.257 e. The van der Waals surface area contributed by atoms with E-state index in [-0.39, 0.29) is 11.8 Å². The molecule has 7 heteroatoms. The van der Waals surface area contributed by atoms with Gasteiger partial charge in [-0.05, 0) is 43.0 Å². The van der Waals surface area contributed by atoms with Crippen molar-refractivity contribution in [1.29, 1.82) is 0 Å². The first-order chi connectivity index (χ1) is 12.0. The zero-order valence-corrected chi connectivity index (χ0v) is 15.3. The number of carbonyl (C=O) groups is 2. The minimum atomic E-state index is -0.219. The van der Waals surface area contributed by atoms with Crippen molar-refractivity contribution in [2.75, 3.05) is 16.8 Å². The lowest BCUT2D eigenvalue weighted by Gasteiger charge is -2.26. The molecule has 0 spiro atoms. The van der Waals surface area contributed by atoms with Gasteiger partial charge in [-0.3, -0.25) is 14.9 Å². The zero-order chi connectivity index (χ0) is 17.8. The van der Waals surface area contributed by atoms with Gasteiger partial charge >= 0.3 is 0 Å². The molecule has 0 radical (unpaired) electrons. The Bertz CT molecular complexity index is 755. The fraction of sp³-hybridized carbons (Fsp3) is 0.444. The van der Waals surface area contributed by atoms with E-state index in [0.717, 1.165) is 36.5 Å². The molecule has 0 aliphatic carbocycles. The van der Waals surface area contributed by atoms with Crippen molar-refractivity contribution in [1.82, 2.24) is 10.2 Å². The molecular formula is C18H22N4O2S. The van der Waals surface area contributed by atoms with E-state index in [0.29, 0.717) is 23.0 Å². The second kappa shape index (κ2) is 7.74. The predicted octanol–water partition coefficient (Wildman–Crippen LogP) is 3.51. The third-order valence-electron chi connectivity index (χ3n) is 4.03. The highest BCUT2D eigenvalue weighted by molar-refractivity contribution is 7.15. The van der Waals surface area contributed by atoms with Crippen molar-refractivity contribution in [2.24, 2.45) is 5.92 Å². The number of piperidine rings is 1. The molecule has 2 aromatic rings. The number of hydrogen-bond acceptors (Lipinski definition) is 5. The van der Waals surface area contributed by atoms with Crippen molar-refractivity contribution in [3.8, 4) is 0 Å². The van der Waals surface area contributed by atoms with Crippen LogP contribution in [0.4, 0.5) is 10.8 Å². The summed E-state index contributed by atoms with van der Waals surface area (Å²) < 4.78 is 0. The van der Waals surface area contributed by atoms with Gasteiger partial charge in [-0.25, -0.2) is 0 Å². The summed E-state index contributed by atoms with van der Waals surface area (Å²) in [6, 6.07) is 7.12. The SMILES string of the molecule is CC(C)Cc1nnc(NC(=O)c2ccc(N3CCCCC3=O)cc2)s1. The predicted molar refractivity (Wildman–Crippen MR) is 99.1 cm³/mol. The molecule has 6 nitrogen and oxygen atoms in total. The molecule has 2 amide bonds. The third kappa shape index (κ3) is 4.42. The summed E-state index contributed by atoms with van der Waals surface area (Å²) in [6.45, 7) is 4.98. The van der Waals surface area contributed by atoms with E-state index in [1.807, 2.05) is 12.1 Å². The van der Waals surface area contributed by atoms with Gasteiger partial charge in [-0.2, -0.15) is 0 Å². The van der Waals surface area contributed by atoms with Crippen LogP contribution in [0.15, 0.2) is 24.3 Å². The van der Waals surface area contributed by atoms with Gasteiger partial charge in [-0.1, -0.05) is 25.2 Å². The molecule has 0 atom stereocenters. The summed E-state index contributed by atoms with van der Waals surface area (Å²) in [5, 5.41) is 12.3. The number of carbonyl (C=O) groups excluding carboxylic acids is 2. The molecule has 1 aliphatic heterocycles. The summed E-state index contributed by atoms with van der Waals surface area (Å²) in [5.41, 5.74) is 1.38. The largest absolute Gasteiger partial charge is 0.312 e.